The molecule has 0 aliphatic rings. The molecule has 0 saturated carbocycles. The fraction of sp³-hybridized carbons (Fsp3) is 0.343. The molecule has 0 aliphatic carbocycles. The highest BCUT2D eigenvalue weighted by Gasteiger charge is 2.29. The van der Waals surface area contributed by atoms with Gasteiger partial charge in [0.25, 0.3) is 0 Å². The summed E-state index contributed by atoms with van der Waals surface area (Å²) in [6.45, 7) is 1.51. The van der Waals surface area contributed by atoms with E-state index in [2.05, 4.69) is 41.2 Å². The highest BCUT2D eigenvalue weighted by atomic mass is 16.2. The van der Waals surface area contributed by atoms with Crippen molar-refractivity contribution in [2.24, 2.45) is 22.2 Å². The number of carbonyl (C=O) groups is 5. The molecule has 12 N–H and O–H groups in total. The number of aromatic nitrogens is 3. The first kappa shape index (κ1) is 37.6. The number of aliphatic imine (C=N–C) groups is 1. The van der Waals surface area contributed by atoms with Crippen molar-refractivity contribution in [1.82, 2.24) is 36.2 Å². The van der Waals surface area contributed by atoms with Crippen LogP contribution in [0.15, 0.2) is 78.3 Å². The van der Waals surface area contributed by atoms with E-state index in [-0.39, 0.29) is 44.6 Å². The van der Waals surface area contributed by atoms with Gasteiger partial charge in [0.15, 0.2) is 5.96 Å². The largest absolute Gasteiger partial charge is 0.370 e. The van der Waals surface area contributed by atoms with Crippen LogP contribution in [-0.2, 0) is 43.2 Å². The van der Waals surface area contributed by atoms with Crippen LogP contribution in [0.5, 0.6) is 0 Å². The van der Waals surface area contributed by atoms with Gasteiger partial charge in [-0.25, -0.2) is 4.98 Å². The van der Waals surface area contributed by atoms with Crippen LogP contribution >= 0.6 is 0 Å². The molecule has 0 saturated heterocycles. The Morgan fingerprint density at radius 2 is 1.53 bits per heavy atom. The third kappa shape index (κ3) is 12.0. The van der Waals surface area contributed by atoms with Gasteiger partial charge in [0, 0.05) is 67.8 Å². The Bertz CT molecular complexity index is 1800. The number of H-pyrrole nitrogens is 2. The maximum absolute atomic E-state index is 13.7. The molecule has 2 aromatic heterocycles. The molecular formula is C35H45N11O5. The zero-order valence-corrected chi connectivity index (χ0v) is 28.4. The van der Waals surface area contributed by atoms with Gasteiger partial charge in [0.05, 0.1) is 6.33 Å². The molecule has 4 atom stereocenters. The first-order valence-corrected chi connectivity index (χ1v) is 16.6. The Kier molecular flexibility index (Phi) is 13.7. The van der Waals surface area contributed by atoms with Gasteiger partial charge in [-0.05, 0) is 36.5 Å². The van der Waals surface area contributed by atoms with Crippen molar-refractivity contribution in [3.05, 3.63) is 90.1 Å². The standard InChI is InChI=1S/C35H45N11O5/c1-21(47)43-30(16-25-19-39-20-42-25)34(51)44-24(14-22-8-3-2-4-9-22)17-31(48)45-28(12-7-13-40-35(37)38)33(50)46-29(32(36)49)15-23-18-41-27-11-6-5-10-26(23)27/h2-6,8-11,18-20,24,28-30,41H,7,12-17H2,1H3,(H2,36,49)(H,39,42)(H,43,47)(H,44,51)(H,45,48)(H,46,50)(H4,37,38,40)/t24-,28-,29-,30-/m0/s1. The van der Waals surface area contributed by atoms with E-state index in [4.69, 9.17) is 17.2 Å². The molecule has 5 amide bonds. The summed E-state index contributed by atoms with van der Waals surface area (Å²) in [5.74, 6) is -2.91. The van der Waals surface area contributed by atoms with Gasteiger partial charge in [-0.2, -0.15) is 0 Å². The molecular weight excluding hydrogens is 654 g/mol. The summed E-state index contributed by atoms with van der Waals surface area (Å²) >= 11 is 0. The van der Waals surface area contributed by atoms with Crippen LogP contribution in [0.3, 0.4) is 0 Å². The van der Waals surface area contributed by atoms with E-state index in [0.717, 1.165) is 22.0 Å². The first-order valence-electron chi connectivity index (χ1n) is 16.6. The predicted octanol–water partition coefficient (Wildman–Crippen LogP) is -0.193. The Morgan fingerprint density at radius 1 is 0.804 bits per heavy atom. The summed E-state index contributed by atoms with van der Waals surface area (Å²) in [7, 11) is 0. The molecule has 16 nitrogen and oxygen atoms in total. The molecule has 0 bridgehead atoms. The number of hydrogen-bond donors (Lipinski definition) is 9. The summed E-state index contributed by atoms with van der Waals surface area (Å²) in [5, 5.41) is 11.9. The molecule has 0 aliphatic heterocycles. The van der Waals surface area contributed by atoms with Crippen molar-refractivity contribution in [2.45, 2.75) is 69.6 Å². The lowest BCUT2D eigenvalue weighted by atomic mass is 10.0. The highest BCUT2D eigenvalue weighted by molar-refractivity contribution is 5.93. The summed E-state index contributed by atoms with van der Waals surface area (Å²) in [6.07, 6.45) is 5.60. The number of nitrogens with one attached hydrogen (secondary N) is 6. The van der Waals surface area contributed by atoms with E-state index in [9.17, 15) is 24.0 Å². The maximum atomic E-state index is 13.7. The van der Waals surface area contributed by atoms with Crippen molar-refractivity contribution in [1.29, 1.82) is 0 Å². The monoisotopic (exact) mass is 699 g/mol. The fourth-order valence-electron chi connectivity index (χ4n) is 5.71. The molecule has 4 aromatic rings. The topological polar surface area (TPSA) is 268 Å². The second kappa shape index (κ2) is 18.5. The highest BCUT2D eigenvalue weighted by Crippen LogP contribution is 2.19. The second-order valence-corrected chi connectivity index (χ2v) is 12.2. The number of rotatable bonds is 19. The lowest BCUT2D eigenvalue weighted by molar-refractivity contribution is -0.132. The van der Waals surface area contributed by atoms with Crippen molar-refractivity contribution < 1.29 is 24.0 Å². The average Bonchev–Trinajstić information content (AvgIpc) is 3.75. The molecule has 2 aromatic carbocycles. The van der Waals surface area contributed by atoms with Gasteiger partial charge < -0.3 is 48.4 Å². The van der Waals surface area contributed by atoms with Crippen molar-refractivity contribution in [3.8, 4) is 0 Å². The number of primary amides is 1. The number of amides is 5. The van der Waals surface area contributed by atoms with E-state index in [1.54, 1.807) is 12.4 Å². The number of guanidine groups is 1. The van der Waals surface area contributed by atoms with Crippen LogP contribution in [0.1, 0.15) is 43.0 Å². The van der Waals surface area contributed by atoms with Crippen LogP contribution in [-0.4, -0.2) is 81.2 Å². The molecule has 0 radical (unpaired) electrons. The molecule has 4 rings (SSSR count). The van der Waals surface area contributed by atoms with Gasteiger partial charge in [0.2, 0.25) is 29.5 Å². The number of aromatic amines is 2. The maximum Gasteiger partial charge on any atom is 0.243 e. The van der Waals surface area contributed by atoms with E-state index in [1.165, 1.54) is 13.3 Å². The number of para-hydroxylation sites is 1. The number of imidazole rings is 1. The summed E-state index contributed by atoms with van der Waals surface area (Å²) < 4.78 is 0. The zero-order chi connectivity index (χ0) is 36.8. The van der Waals surface area contributed by atoms with Crippen molar-refractivity contribution in [2.75, 3.05) is 6.54 Å². The van der Waals surface area contributed by atoms with Crippen LogP contribution in [0.4, 0.5) is 0 Å². The third-order valence-corrected chi connectivity index (χ3v) is 8.13. The van der Waals surface area contributed by atoms with Crippen LogP contribution < -0.4 is 38.5 Å². The lowest BCUT2D eigenvalue weighted by Gasteiger charge is -2.25. The number of carbonyl (C=O) groups excluding carboxylic acids is 5. The molecule has 2 heterocycles. The van der Waals surface area contributed by atoms with E-state index in [1.807, 2.05) is 54.6 Å². The molecule has 0 spiro atoms. The first-order chi connectivity index (χ1) is 24.5. The molecule has 16 heteroatoms. The second-order valence-electron chi connectivity index (χ2n) is 12.2. The summed E-state index contributed by atoms with van der Waals surface area (Å²) in [4.78, 5) is 79.3. The average molecular weight is 700 g/mol. The van der Waals surface area contributed by atoms with Gasteiger partial charge >= 0.3 is 0 Å². The van der Waals surface area contributed by atoms with Crippen molar-refractivity contribution in [3.63, 3.8) is 0 Å². The zero-order valence-electron chi connectivity index (χ0n) is 28.4. The Balaban J connectivity index is 1.49. The summed E-state index contributed by atoms with van der Waals surface area (Å²) in [6, 6.07) is 13.0. The van der Waals surface area contributed by atoms with Gasteiger partial charge in [-0.1, -0.05) is 48.5 Å². The van der Waals surface area contributed by atoms with E-state index in [0.29, 0.717) is 12.1 Å². The number of nitrogens with zero attached hydrogens (tertiary/aromatic N) is 2. The van der Waals surface area contributed by atoms with Crippen molar-refractivity contribution >= 4 is 46.4 Å². The number of hydrogen-bond acceptors (Lipinski definition) is 7. The Hall–Kier alpha value is -6.19. The van der Waals surface area contributed by atoms with Gasteiger partial charge in [-0.15, -0.1) is 0 Å². The Morgan fingerprint density at radius 3 is 2.22 bits per heavy atom. The van der Waals surface area contributed by atoms with E-state index < -0.39 is 53.7 Å². The van der Waals surface area contributed by atoms with Gasteiger partial charge in [0.1, 0.15) is 18.1 Å². The molecule has 270 valence electrons. The van der Waals surface area contributed by atoms with E-state index >= 15 is 0 Å². The third-order valence-electron chi connectivity index (χ3n) is 8.13. The Labute approximate surface area is 294 Å². The normalized spacial score (nSPS) is 13.3. The quantitative estimate of drug-likeness (QED) is 0.0359. The summed E-state index contributed by atoms with van der Waals surface area (Å²) in [5.41, 5.74) is 19.8. The van der Waals surface area contributed by atoms with Crippen LogP contribution in [0, 0.1) is 0 Å². The number of nitrogens with two attached hydrogens (primary N) is 3. The molecule has 0 fully saturated rings. The smallest absolute Gasteiger partial charge is 0.243 e. The van der Waals surface area contributed by atoms with Crippen LogP contribution in [0.25, 0.3) is 10.9 Å². The lowest BCUT2D eigenvalue weighted by Crippen LogP contribution is -2.55. The number of fused-ring (bicyclic) bond motifs is 1. The number of benzene rings is 2. The predicted molar refractivity (Wildman–Crippen MR) is 192 cm³/mol. The SMILES string of the molecule is CC(=O)N[C@@H](Cc1cnc[nH]1)C(=O)N[C@H](CC(=O)N[C@@H](CCCN=C(N)N)C(=O)N[C@@H](Cc1c[nH]c2ccccc12)C(N)=O)Cc1ccccc1. The van der Waals surface area contributed by atoms with Gasteiger partial charge in [-0.3, -0.25) is 29.0 Å². The minimum atomic E-state index is -1.09. The molecule has 0 unspecified atom stereocenters. The minimum absolute atomic E-state index is 0.114. The molecule has 51 heavy (non-hydrogen) atoms. The van der Waals surface area contributed by atoms with Crippen LogP contribution in [0.2, 0.25) is 0 Å². The minimum Gasteiger partial charge on any atom is -0.370 e. The fourth-order valence-corrected chi connectivity index (χ4v) is 5.71.